The van der Waals surface area contributed by atoms with Crippen LogP contribution < -0.4 is 0 Å². The van der Waals surface area contributed by atoms with Crippen molar-refractivity contribution in [3.8, 4) is 0 Å². The molecule has 0 unspecified atom stereocenters. The van der Waals surface area contributed by atoms with Crippen LogP contribution in [0.25, 0.3) is 0 Å². The van der Waals surface area contributed by atoms with Gasteiger partial charge in [-0.15, -0.1) is 0 Å². The molecule has 0 aromatic heterocycles. The first-order valence-electron chi connectivity index (χ1n) is 11.7. The first-order valence-corrected chi connectivity index (χ1v) is 15.9. The highest BCUT2D eigenvalue weighted by molar-refractivity contribution is 7.97. The van der Waals surface area contributed by atoms with E-state index in [0.717, 1.165) is 11.1 Å². The minimum absolute atomic E-state index is 0.182. The number of thioether (sulfide) groups is 1. The van der Waals surface area contributed by atoms with Gasteiger partial charge in [-0.25, -0.2) is 0 Å². The van der Waals surface area contributed by atoms with Gasteiger partial charge < -0.3 is 18.1 Å². The molecule has 0 atom stereocenters. The molecule has 2 rings (SSSR count). The molecule has 0 heterocycles. The van der Waals surface area contributed by atoms with Crippen molar-refractivity contribution < 1.29 is 44.8 Å². The number of alkyl halides is 4. The molecular weight excluding hydrogens is 554 g/mol. The summed E-state index contributed by atoms with van der Waals surface area (Å²) in [5.74, 6) is 0.921. The van der Waals surface area contributed by atoms with Crippen LogP contribution in [0.2, 0.25) is 0 Å². The number of benzene rings is 2. The fourth-order valence-corrected chi connectivity index (χ4v) is 7.33. The monoisotopic (exact) mass is 586 g/mol. The second-order valence-electron chi connectivity index (χ2n) is 7.64. The van der Waals surface area contributed by atoms with Crippen molar-refractivity contribution in [2.24, 2.45) is 0 Å². The smallest absolute Gasteiger partial charge is 0.304 e. The lowest BCUT2D eigenvalue weighted by molar-refractivity contribution is 0.0360. The predicted octanol–water partition coefficient (Wildman–Crippen LogP) is 8.75. The Labute approximate surface area is 219 Å². The third kappa shape index (κ3) is 7.47. The van der Waals surface area contributed by atoms with Crippen molar-refractivity contribution in [3.05, 3.63) is 70.8 Å². The second-order valence-corrected chi connectivity index (χ2v) is 12.8. The van der Waals surface area contributed by atoms with Crippen LogP contribution in [-0.4, -0.2) is 26.4 Å². The van der Waals surface area contributed by atoms with Gasteiger partial charge in [0.05, 0.1) is 26.4 Å². The average molecular weight is 587 g/mol. The Kier molecular flexibility index (Phi) is 11.9. The van der Waals surface area contributed by atoms with Crippen molar-refractivity contribution in [1.82, 2.24) is 0 Å². The topological polar surface area (TPSA) is 71.1 Å². The third-order valence-electron chi connectivity index (χ3n) is 5.02. The Bertz CT molecular complexity index is 978. The fraction of sp³-hybridized carbons (Fsp3) is 0.500. The highest BCUT2D eigenvalue weighted by Gasteiger charge is 2.55. The highest BCUT2D eigenvalue weighted by atomic mass is 32.2. The van der Waals surface area contributed by atoms with E-state index in [-0.39, 0.29) is 26.4 Å². The summed E-state index contributed by atoms with van der Waals surface area (Å²) in [7, 11) is -9.36. The van der Waals surface area contributed by atoms with Crippen LogP contribution in [0.15, 0.2) is 48.5 Å². The number of halogens is 4. The van der Waals surface area contributed by atoms with E-state index in [4.69, 9.17) is 18.1 Å². The standard InChI is InChI=1S/C24H32F4O6P2S/c1-5-31-35(29,32-6-2)23(25,26)21-13-9-19(10-14-21)17-37-18-20-11-15-22(16-12-20)24(27,28)36(30,33-7-3)34-8-4/h9-16H,5-8,17-18H2,1-4H3. The van der Waals surface area contributed by atoms with Gasteiger partial charge in [-0.2, -0.15) is 29.3 Å². The Morgan fingerprint density at radius 3 is 1.11 bits per heavy atom. The van der Waals surface area contributed by atoms with E-state index in [1.807, 2.05) is 0 Å². The Hall–Kier alpha value is -1.19. The zero-order chi connectivity index (χ0) is 27.7. The summed E-state index contributed by atoms with van der Waals surface area (Å²) in [5.41, 5.74) is -7.07. The first kappa shape index (κ1) is 32.0. The summed E-state index contributed by atoms with van der Waals surface area (Å²) in [6, 6.07) is 10.8. The summed E-state index contributed by atoms with van der Waals surface area (Å²) in [6.45, 7) is 5.11. The van der Waals surface area contributed by atoms with E-state index in [9.17, 15) is 26.7 Å². The largest absolute Gasteiger partial charge is 0.404 e. The van der Waals surface area contributed by atoms with Crippen molar-refractivity contribution in [2.75, 3.05) is 26.4 Å². The molecule has 2 aromatic carbocycles. The van der Waals surface area contributed by atoms with E-state index in [0.29, 0.717) is 11.5 Å². The highest BCUT2D eigenvalue weighted by Crippen LogP contribution is 2.67. The molecule has 6 nitrogen and oxygen atoms in total. The molecule has 0 N–H and O–H groups in total. The van der Waals surface area contributed by atoms with E-state index in [2.05, 4.69) is 0 Å². The molecule has 0 amide bonds. The van der Waals surface area contributed by atoms with Gasteiger partial charge in [0.1, 0.15) is 0 Å². The molecule has 0 fully saturated rings. The average Bonchev–Trinajstić information content (AvgIpc) is 2.85. The van der Waals surface area contributed by atoms with Crippen molar-refractivity contribution in [3.63, 3.8) is 0 Å². The molecular formula is C24H32F4O6P2S. The molecule has 0 bridgehead atoms. The van der Waals surface area contributed by atoms with E-state index < -0.39 is 37.6 Å². The van der Waals surface area contributed by atoms with Crippen molar-refractivity contribution in [2.45, 2.75) is 50.5 Å². The van der Waals surface area contributed by atoms with Gasteiger partial charge in [-0.1, -0.05) is 48.5 Å². The lowest BCUT2D eigenvalue weighted by Crippen LogP contribution is -2.18. The molecule has 2 aromatic rings. The van der Waals surface area contributed by atoms with E-state index >= 15 is 0 Å². The van der Waals surface area contributed by atoms with Gasteiger partial charge in [0.25, 0.3) is 0 Å². The van der Waals surface area contributed by atoms with Crippen LogP contribution in [0.5, 0.6) is 0 Å². The molecule has 13 heteroatoms. The van der Waals surface area contributed by atoms with Crippen LogP contribution >= 0.6 is 27.0 Å². The molecule has 0 radical (unpaired) electrons. The van der Waals surface area contributed by atoms with Crippen molar-refractivity contribution >= 4 is 27.0 Å². The van der Waals surface area contributed by atoms with Crippen molar-refractivity contribution in [1.29, 1.82) is 0 Å². The van der Waals surface area contributed by atoms with Crippen LogP contribution in [0.1, 0.15) is 49.9 Å². The summed E-state index contributed by atoms with van der Waals surface area (Å²) in [5, 5.41) is 0. The van der Waals surface area contributed by atoms with Gasteiger partial charge in [0.15, 0.2) is 0 Å². The summed E-state index contributed by atoms with van der Waals surface area (Å²) < 4.78 is 104. The number of hydrogen-bond acceptors (Lipinski definition) is 7. The summed E-state index contributed by atoms with van der Waals surface area (Å²) >= 11 is 1.45. The SMILES string of the molecule is CCOP(=O)(OCC)C(F)(F)c1ccc(CSCc2ccc(C(F)(F)P(=O)(OCC)OCC)cc2)cc1. The molecule has 0 aliphatic carbocycles. The zero-order valence-electron chi connectivity index (χ0n) is 21.1. The van der Waals surface area contributed by atoms with E-state index in [1.54, 1.807) is 0 Å². The first-order chi connectivity index (χ1) is 17.4. The second kappa shape index (κ2) is 13.7. The fourth-order valence-electron chi connectivity index (χ4n) is 3.28. The molecule has 0 aliphatic heterocycles. The molecule has 0 aliphatic rings. The quantitative estimate of drug-likeness (QED) is 0.144. The maximum Gasteiger partial charge on any atom is 0.404 e. The van der Waals surface area contributed by atoms with Gasteiger partial charge in [-0.05, 0) is 38.8 Å². The van der Waals surface area contributed by atoms with Gasteiger partial charge in [0.2, 0.25) is 0 Å². The Morgan fingerprint density at radius 2 is 0.865 bits per heavy atom. The minimum atomic E-state index is -4.68. The van der Waals surface area contributed by atoms with Crippen LogP contribution in [-0.2, 0) is 50.1 Å². The number of hydrogen-bond donors (Lipinski definition) is 0. The molecule has 37 heavy (non-hydrogen) atoms. The zero-order valence-corrected chi connectivity index (χ0v) is 23.7. The van der Waals surface area contributed by atoms with Crippen LogP contribution in [0, 0.1) is 0 Å². The molecule has 0 saturated carbocycles. The van der Waals surface area contributed by atoms with Gasteiger partial charge in [0, 0.05) is 22.6 Å². The summed E-state index contributed by atoms with van der Waals surface area (Å²) in [4.78, 5) is 0. The molecule has 208 valence electrons. The molecule has 0 spiro atoms. The summed E-state index contributed by atoms with van der Waals surface area (Å²) in [6.07, 6.45) is 0. The van der Waals surface area contributed by atoms with Crippen LogP contribution in [0.4, 0.5) is 17.6 Å². The number of rotatable bonds is 16. The maximum atomic E-state index is 14.9. The predicted molar refractivity (Wildman–Crippen MR) is 137 cm³/mol. The van der Waals surface area contributed by atoms with Gasteiger partial charge in [-0.3, -0.25) is 9.13 Å². The Balaban J connectivity index is 2.03. The third-order valence-corrected chi connectivity index (χ3v) is 10.4. The van der Waals surface area contributed by atoms with Gasteiger partial charge >= 0.3 is 26.5 Å². The van der Waals surface area contributed by atoms with Crippen LogP contribution in [0.3, 0.4) is 0 Å². The maximum absolute atomic E-state index is 14.9. The lowest BCUT2D eigenvalue weighted by Gasteiger charge is -2.26. The van der Waals surface area contributed by atoms with E-state index in [1.165, 1.54) is 88.0 Å². The normalized spacial score (nSPS) is 13.2. The Morgan fingerprint density at radius 1 is 0.595 bits per heavy atom. The molecule has 0 saturated heterocycles. The minimum Gasteiger partial charge on any atom is -0.304 e. The lowest BCUT2D eigenvalue weighted by atomic mass is 10.1.